The number of aromatic carboxylic acids is 1. The molecule has 2 aromatic carbocycles. The third kappa shape index (κ3) is 1.91. The molecule has 4 aromatic rings. The average molecular weight is 289 g/mol. The van der Waals surface area contributed by atoms with Gasteiger partial charge in [0.2, 0.25) is 0 Å². The lowest BCUT2D eigenvalue weighted by Crippen LogP contribution is -1.99. The molecule has 4 rings (SSSR count). The molecule has 5 heteroatoms. The second-order valence-corrected chi connectivity index (χ2v) is 5.00. The van der Waals surface area contributed by atoms with Crippen molar-refractivity contribution in [3.05, 3.63) is 66.5 Å². The van der Waals surface area contributed by atoms with E-state index in [4.69, 9.17) is 5.11 Å². The van der Waals surface area contributed by atoms with E-state index in [1.165, 1.54) is 6.07 Å². The van der Waals surface area contributed by atoms with Gasteiger partial charge >= 0.3 is 5.97 Å². The summed E-state index contributed by atoms with van der Waals surface area (Å²) >= 11 is 0. The zero-order chi connectivity index (χ0) is 15.1. The summed E-state index contributed by atoms with van der Waals surface area (Å²) in [5.74, 6) is -1.06. The van der Waals surface area contributed by atoms with Gasteiger partial charge in [-0.2, -0.15) is 5.10 Å². The first kappa shape index (κ1) is 12.5. The van der Waals surface area contributed by atoms with Crippen molar-refractivity contribution in [2.75, 3.05) is 0 Å². The molecule has 0 bridgehead atoms. The number of carbonyl (C=O) groups is 1. The van der Waals surface area contributed by atoms with Crippen molar-refractivity contribution in [1.82, 2.24) is 14.6 Å². The summed E-state index contributed by atoms with van der Waals surface area (Å²) in [6, 6.07) is 17.5. The van der Waals surface area contributed by atoms with Gasteiger partial charge in [0.25, 0.3) is 0 Å². The van der Waals surface area contributed by atoms with Crippen LogP contribution in [0.5, 0.6) is 0 Å². The van der Waals surface area contributed by atoms with Gasteiger partial charge in [0.05, 0.1) is 5.69 Å². The van der Waals surface area contributed by atoms with Crippen LogP contribution in [0.2, 0.25) is 0 Å². The van der Waals surface area contributed by atoms with Crippen LogP contribution in [0.1, 0.15) is 10.5 Å². The van der Waals surface area contributed by atoms with Gasteiger partial charge in [-0.3, -0.25) is 0 Å². The fraction of sp³-hybridized carbons (Fsp3) is 0. The van der Waals surface area contributed by atoms with Crippen molar-refractivity contribution in [2.24, 2.45) is 0 Å². The topological polar surface area (TPSA) is 67.5 Å². The number of hydrogen-bond acceptors (Lipinski definition) is 3. The maximum absolute atomic E-state index is 11.1. The van der Waals surface area contributed by atoms with Gasteiger partial charge in [0.1, 0.15) is 0 Å². The summed E-state index contributed by atoms with van der Waals surface area (Å²) < 4.78 is 1.56. The van der Waals surface area contributed by atoms with Gasteiger partial charge in [0, 0.05) is 17.8 Å². The van der Waals surface area contributed by atoms with Gasteiger partial charge in [0.15, 0.2) is 11.3 Å². The molecule has 106 valence electrons. The minimum absolute atomic E-state index is 0.0132. The molecule has 0 unspecified atom stereocenters. The molecule has 0 saturated carbocycles. The van der Waals surface area contributed by atoms with Crippen molar-refractivity contribution in [2.45, 2.75) is 0 Å². The van der Waals surface area contributed by atoms with Crippen LogP contribution in [0.15, 0.2) is 60.8 Å². The smallest absolute Gasteiger partial charge is 0.356 e. The number of carboxylic acids is 1. The van der Waals surface area contributed by atoms with Crippen molar-refractivity contribution < 1.29 is 9.90 Å². The molecule has 0 aliphatic carbocycles. The van der Waals surface area contributed by atoms with Crippen LogP contribution in [0.4, 0.5) is 0 Å². The summed E-state index contributed by atoms with van der Waals surface area (Å²) in [6.45, 7) is 0. The third-order valence-corrected chi connectivity index (χ3v) is 3.62. The Bertz CT molecular complexity index is 1020. The maximum atomic E-state index is 11.1. The predicted octanol–water partition coefficient (Wildman–Crippen LogP) is 3.25. The Kier molecular flexibility index (Phi) is 2.66. The Morgan fingerprint density at radius 2 is 1.82 bits per heavy atom. The molecule has 0 atom stereocenters. The van der Waals surface area contributed by atoms with Crippen LogP contribution in [0.3, 0.4) is 0 Å². The predicted molar refractivity (Wildman–Crippen MR) is 82.9 cm³/mol. The monoisotopic (exact) mass is 289 g/mol. The normalized spacial score (nSPS) is 11.1. The molecule has 0 spiro atoms. The van der Waals surface area contributed by atoms with E-state index >= 15 is 0 Å². The van der Waals surface area contributed by atoms with Gasteiger partial charge in [-0.25, -0.2) is 14.3 Å². The van der Waals surface area contributed by atoms with E-state index in [1.807, 2.05) is 36.4 Å². The quantitative estimate of drug-likeness (QED) is 0.615. The van der Waals surface area contributed by atoms with Gasteiger partial charge in [-0.05, 0) is 22.9 Å². The largest absolute Gasteiger partial charge is 0.476 e. The lowest BCUT2D eigenvalue weighted by atomic mass is 10.1. The number of rotatable bonds is 2. The van der Waals surface area contributed by atoms with Crippen LogP contribution in [-0.2, 0) is 0 Å². The third-order valence-electron chi connectivity index (χ3n) is 3.62. The number of carboxylic acid groups (broad SMARTS) is 1. The van der Waals surface area contributed by atoms with Crippen LogP contribution >= 0.6 is 0 Å². The number of fused-ring (bicyclic) bond motifs is 2. The molecule has 0 saturated heterocycles. The fourth-order valence-corrected chi connectivity index (χ4v) is 2.57. The first-order valence-electron chi connectivity index (χ1n) is 6.80. The highest BCUT2D eigenvalue weighted by Crippen LogP contribution is 2.24. The van der Waals surface area contributed by atoms with Crippen molar-refractivity contribution in [1.29, 1.82) is 0 Å². The number of nitrogens with zero attached hydrogens (tertiary/aromatic N) is 3. The second kappa shape index (κ2) is 4.66. The number of hydrogen-bond donors (Lipinski definition) is 1. The zero-order valence-corrected chi connectivity index (χ0v) is 11.5. The zero-order valence-electron chi connectivity index (χ0n) is 11.5. The minimum atomic E-state index is -1.06. The Morgan fingerprint density at radius 3 is 2.64 bits per heavy atom. The second-order valence-electron chi connectivity index (χ2n) is 5.00. The first-order chi connectivity index (χ1) is 10.7. The highest BCUT2D eigenvalue weighted by molar-refractivity contribution is 5.88. The van der Waals surface area contributed by atoms with Gasteiger partial charge in [-0.15, -0.1) is 0 Å². The molecule has 0 radical (unpaired) electrons. The number of benzene rings is 2. The van der Waals surface area contributed by atoms with E-state index in [0.29, 0.717) is 5.65 Å². The van der Waals surface area contributed by atoms with Crippen LogP contribution in [-0.4, -0.2) is 25.7 Å². The highest BCUT2D eigenvalue weighted by atomic mass is 16.4. The molecular weight excluding hydrogens is 278 g/mol. The van der Waals surface area contributed by atoms with E-state index in [-0.39, 0.29) is 5.69 Å². The Morgan fingerprint density at radius 1 is 1.00 bits per heavy atom. The summed E-state index contributed by atoms with van der Waals surface area (Å²) in [5, 5.41) is 15.5. The molecule has 2 heterocycles. The molecule has 1 N–H and O–H groups in total. The molecule has 0 fully saturated rings. The Labute approximate surface area is 125 Å². The lowest BCUT2D eigenvalue weighted by molar-refractivity contribution is 0.0690. The molecule has 0 amide bonds. The fourth-order valence-electron chi connectivity index (χ4n) is 2.57. The van der Waals surface area contributed by atoms with E-state index < -0.39 is 5.97 Å². The van der Waals surface area contributed by atoms with Crippen molar-refractivity contribution in [3.63, 3.8) is 0 Å². The van der Waals surface area contributed by atoms with Crippen LogP contribution in [0, 0.1) is 0 Å². The standard InChI is InChI=1S/C17H11N3O2/c21-17(22)14-10-16-18-8-7-15(20(16)19-14)13-6-5-11-3-1-2-4-12(11)9-13/h1-10H,(H,21,22). The van der Waals surface area contributed by atoms with Crippen LogP contribution < -0.4 is 0 Å². The van der Waals surface area contributed by atoms with Gasteiger partial charge in [-0.1, -0.05) is 36.4 Å². The summed E-state index contributed by atoms with van der Waals surface area (Å²) in [5.41, 5.74) is 2.28. The van der Waals surface area contributed by atoms with E-state index in [0.717, 1.165) is 22.0 Å². The van der Waals surface area contributed by atoms with E-state index in [9.17, 15) is 4.79 Å². The van der Waals surface area contributed by atoms with Crippen molar-refractivity contribution in [3.8, 4) is 11.3 Å². The van der Waals surface area contributed by atoms with Crippen LogP contribution in [0.25, 0.3) is 27.7 Å². The molecular formula is C17H11N3O2. The summed E-state index contributed by atoms with van der Waals surface area (Å²) in [4.78, 5) is 15.3. The first-order valence-corrected chi connectivity index (χ1v) is 6.80. The summed E-state index contributed by atoms with van der Waals surface area (Å²) in [6.07, 6.45) is 1.66. The van der Waals surface area contributed by atoms with E-state index in [1.54, 1.807) is 10.7 Å². The molecule has 22 heavy (non-hydrogen) atoms. The Hall–Kier alpha value is -3.21. The lowest BCUT2D eigenvalue weighted by Gasteiger charge is -2.06. The molecule has 2 aromatic heterocycles. The minimum Gasteiger partial charge on any atom is -0.476 e. The van der Waals surface area contributed by atoms with Crippen molar-refractivity contribution >= 4 is 22.4 Å². The SMILES string of the molecule is O=C(O)c1cc2nccc(-c3ccc4ccccc4c3)n2n1. The average Bonchev–Trinajstić information content (AvgIpc) is 2.99. The molecule has 0 aliphatic heterocycles. The number of aromatic nitrogens is 3. The maximum Gasteiger partial charge on any atom is 0.356 e. The molecule has 5 nitrogen and oxygen atoms in total. The highest BCUT2D eigenvalue weighted by Gasteiger charge is 2.12. The van der Waals surface area contributed by atoms with E-state index in [2.05, 4.69) is 22.2 Å². The summed E-state index contributed by atoms with van der Waals surface area (Å²) in [7, 11) is 0. The molecule has 0 aliphatic rings. The Balaban J connectivity index is 1.97. The van der Waals surface area contributed by atoms with Gasteiger partial charge < -0.3 is 5.11 Å².